The van der Waals surface area contributed by atoms with Gasteiger partial charge in [-0.3, -0.25) is 9.78 Å². The maximum absolute atomic E-state index is 13.9. The number of sulfone groups is 1. The van der Waals surface area contributed by atoms with E-state index in [4.69, 9.17) is 14.7 Å². The second kappa shape index (κ2) is 9.90. The van der Waals surface area contributed by atoms with Gasteiger partial charge in [0.25, 0.3) is 5.91 Å². The second-order valence-corrected chi connectivity index (χ2v) is 12.6. The lowest BCUT2D eigenvalue weighted by molar-refractivity contribution is 0.0738. The molecule has 206 valence electrons. The number of halogens is 1. The van der Waals surface area contributed by atoms with Gasteiger partial charge in [-0.1, -0.05) is 6.07 Å². The average Bonchev–Trinajstić information content (AvgIpc) is 3.62. The standard InChI is InChI=1S/C29H28FN5O4S/c1-39-26-16-35(17-29(26)8-9-29)27-5-3-4-23(34-27)24-7-6-18-14-31-21(13-25(18)33-24)15-32-28(36)19-10-20(30)12-22(11-19)40(2,37)38/h3-7,10-14,26H,8-9,15-17H2,1-2H3,(H,32,36). The van der Waals surface area contributed by atoms with Gasteiger partial charge >= 0.3 is 0 Å². The molecule has 6 rings (SSSR count). The Balaban J connectivity index is 1.20. The largest absolute Gasteiger partial charge is 0.379 e. The molecule has 1 unspecified atom stereocenters. The minimum Gasteiger partial charge on any atom is -0.379 e. The molecule has 2 aliphatic rings. The molecule has 40 heavy (non-hydrogen) atoms. The van der Waals surface area contributed by atoms with Gasteiger partial charge in [0, 0.05) is 49.0 Å². The quantitative estimate of drug-likeness (QED) is 0.363. The molecular weight excluding hydrogens is 533 g/mol. The molecule has 1 spiro atoms. The average molecular weight is 562 g/mol. The number of methoxy groups -OCH3 is 1. The number of pyridine rings is 3. The van der Waals surface area contributed by atoms with Crippen molar-refractivity contribution in [2.45, 2.75) is 30.4 Å². The van der Waals surface area contributed by atoms with E-state index in [1.165, 1.54) is 12.8 Å². The van der Waals surface area contributed by atoms with Gasteiger partial charge in [0.1, 0.15) is 11.6 Å². The van der Waals surface area contributed by atoms with Crippen LogP contribution in [0.2, 0.25) is 0 Å². The number of benzene rings is 1. The molecule has 1 saturated heterocycles. The first-order valence-corrected chi connectivity index (χ1v) is 14.8. The number of anilines is 1. The van der Waals surface area contributed by atoms with Crippen LogP contribution in [0, 0.1) is 11.2 Å². The molecule has 1 aliphatic heterocycles. The highest BCUT2D eigenvalue weighted by atomic mass is 32.2. The topological polar surface area (TPSA) is 114 Å². The molecule has 11 heteroatoms. The molecule has 0 radical (unpaired) electrons. The number of carbonyl (C=O) groups is 1. The zero-order valence-electron chi connectivity index (χ0n) is 22.1. The Morgan fingerprint density at radius 1 is 1.12 bits per heavy atom. The molecular formula is C29H28FN5O4S. The molecule has 1 amide bonds. The first-order valence-electron chi connectivity index (χ1n) is 12.9. The van der Waals surface area contributed by atoms with Crippen LogP contribution >= 0.6 is 0 Å². The Morgan fingerprint density at radius 3 is 2.65 bits per heavy atom. The summed E-state index contributed by atoms with van der Waals surface area (Å²) in [5, 5.41) is 3.50. The third kappa shape index (κ3) is 5.14. The zero-order chi connectivity index (χ0) is 28.1. The number of amides is 1. The summed E-state index contributed by atoms with van der Waals surface area (Å²) in [7, 11) is -1.89. The molecule has 1 saturated carbocycles. The van der Waals surface area contributed by atoms with E-state index in [1.807, 2.05) is 30.3 Å². The molecule has 1 aliphatic carbocycles. The number of aromatic nitrogens is 3. The summed E-state index contributed by atoms with van der Waals surface area (Å²) in [6.45, 7) is 1.82. The number of ether oxygens (including phenoxy) is 1. The van der Waals surface area contributed by atoms with E-state index in [0.717, 1.165) is 54.4 Å². The molecule has 2 fully saturated rings. The van der Waals surface area contributed by atoms with E-state index in [2.05, 4.69) is 15.2 Å². The van der Waals surface area contributed by atoms with Crippen LogP contribution in [0.15, 0.2) is 65.7 Å². The lowest BCUT2D eigenvalue weighted by Crippen LogP contribution is -2.23. The van der Waals surface area contributed by atoms with Crippen molar-refractivity contribution < 1.29 is 22.3 Å². The van der Waals surface area contributed by atoms with Crippen LogP contribution in [-0.4, -0.2) is 61.8 Å². The number of carbonyl (C=O) groups excluding carboxylic acids is 1. The summed E-state index contributed by atoms with van der Waals surface area (Å²) in [5.74, 6) is -0.513. The third-order valence-electron chi connectivity index (χ3n) is 7.69. The monoisotopic (exact) mass is 561 g/mol. The molecule has 1 N–H and O–H groups in total. The smallest absolute Gasteiger partial charge is 0.251 e. The summed E-state index contributed by atoms with van der Waals surface area (Å²) in [5.41, 5.74) is 2.87. The fourth-order valence-corrected chi connectivity index (χ4v) is 5.97. The number of hydrogen-bond acceptors (Lipinski definition) is 8. The molecule has 1 atom stereocenters. The van der Waals surface area contributed by atoms with E-state index in [1.54, 1.807) is 19.4 Å². The van der Waals surface area contributed by atoms with Crippen LogP contribution < -0.4 is 10.2 Å². The van der Waals surface area contributed by atoms with Gasteiger partial charge in [-0.05, 0) is 61.4 Å². The van der Waals surface area contributed by atoms with Crippen LogP contribution in [0.5, 0.6) is 0 Å². The van der Waals surface area contributed by atoms with Crippen LogP contribution in [0.1, 0.15) is 28.9 Å². The zero-order valence-corrected chi connectivity index (χ0v) is 22.9. The fraction of sp³-hybridized carbons (Fsp3) is 0.310. The maximum atomic E-state index is 13.9. The van der Waals surface area contributed by atoms with Crippen molar-refractivity contribution in [2.24, 2.45) is 5.41 Å². The Kier molecular flexibility index (Phi) is 6.50. The number of nitrogens with zero attached hydrogens (tertiary/aromatic N) is 4. The van der Waals surface area contributed by atoms with E-state index < -0.39 is 21.6 Å². The van der Waals surface area contributed by atoms with Crippen molar-refractivity contribution >= 4 is 32.5 Å². The summed E-state index contributed by atoms with van der Waals surface area (Å²) in [6.07, 6.45) is 5.24. The van der Waals surface area contributed by atoms with Crippen LogP contribution in [0.3, 0.4) is 0 Å². The van der Waals surface area contributed by atoms with E-state index >= 15 is 0 Å². The van der Waals surface area contributed by atoms with Crippen molar-refractivity contribution in [3.63, 3.8) is 0 Å². The molecule has 9 nitrogen and oxygen atoms in total. The molecule has 3 aromatic heterocycles. The Hall–Kier alpha value is -3.96. The summed E-state index contributed by atoms with van der Waals surface area (Å²) >= 11 is 0. The van der Waals surface area contributed by atoms with Gasteiger partial charge in [-0.25, -0.2) is 22.8 Å². The highest BCUT2D eigenvalue weighted by Crippen LogP contribution is 2.54. The van der Waals surface area contributed by atoms with Crippen LogP contribution in [-0.2, 0) is 21.1 Å². The van der Waals surface area contributed by atoms with Gasteiger partial charge in [0.15, 0.2) is 9.84 Å². The summed E-state index contributed by atoms with van der Waals surface area (Å²) in [4.78, 5) is 28.8. The van der Waals surface area contributed by atoms with Gasteiger partial charge < -0.3 is 15.0 Å². The lowest BCUT2D eigenvalue weighted by atomic mass is 10.0. The predicted octanol–water partition coefficient (Wildman–Crippen LogP) is 3.78. The first-order chi connectivity index (χ1) is 19.1. The molecule has 4 heterocycles. The number of rotatable bonds is 7. The summed E-state index contributed by atoms with van der Waals surface area (Å²) < 4.78 is 43.3. The fourth-order valence-electron chi connectivity index (χ4n) is 5.30. The molecule has 0 bridgehead atoms. The van der Waals surface area contributed by atoms with Crippen molar-refractivity contribution in [1.82, 2.24) is 20.3 Å². The number of hydrogen-bond donors (Lipinski definition) is 1. The number of nitrogens with one attached hydrogen (secondary N) is 1. The lowest BCUT2D eigenvalue weighted by Gasteiger charge is -2.17. The van der Waals surface area contributed by atoms with Crippen molar-refractivity contribution in [1.29, 1.82) is 0 Å². The van der Waals surface area contributed by atoms with Crippen molar-refractivity contribution in [2.75, 3.05) is 31.4 Å². The van der Waals surface area contributed by atoms with Gasteiger partial charge in [0.2, 0.25) is 0 Å². The Labute approximate surface area is 231 Å². The van der Waals surface area contributed by atoms with E-state index in [0.29, 0.717) is 16.9 Å². The third-order valence-corrected chi connectivity index (χ3v) is 8.79. The summed E-state index contributed by atoms with van der Waals surface area (Å²) in [6, 6.07) is 14.6. The molecule has 4 aromatic rings. The van der Waals surface area contributed by atoms with Crippen molar-refractivity contribution in [3.8, 4) is 11.4 Å². The van der Waals surface area contributed by atoms with Crippen LogP contribution in [0.4, 0.5) is 10.2 Å². The highest BCUT2D eigenvalue weighted by molar-refractivity contribution is 7.90. The first kappa shape index (κ1) is 26.3. The Morgan fingerprint density at radius 2 is 1.93 bits per heavy atom. The van der Waals surface area contributed by atoms with Gasteiger partial charge in [-0.15, -0.1) is 0 Å². The van der Waals surface area contributed by atoms with E-state index in [9.17, 15) is 17.6 Å². The predicted molar refractivity (Wildman–Crippen MR) is 148 cm³/mol. The minimum atomic E-state index is -3.67. The number of fused-ring (bicyclic) bond motifs is 1. The van der Waals surface area contributed by atoms with Crippen LogP contribution in [0.25, 0.3) is 22.3 Å². The van der Waals surface area contributed by atoms with Gasteiger partial charge in [-0.2, -0.15) is 0 Å². The van der Waals surface area contributed by atoms with E-state index in [-0.39, 0.29) is 28.5 Å². The maximum Gasteiger partial charge on any atom is 0.251 e. The SMILES string of the molecule is COC1CN(c2cccc(-c3ccc4cnc(CNC(=O)c5cc(F)cc(S(C)(=O)=O)c5)cc4n3)n2)CC12CC2. The Bertz CT molecular complexity index is 1740. The molecule has 1 aromatic carbocycles. The van der Waals surface area contributed by atoms with Crippen molar-refractivity contribution in [3.05, 3.63) is 77.9 Å². The highest BCUT2D eigenvalue weighted by Gasteiger charge is 2.55. The second-order valence-electron chi connectivity index (χ2n) is 10.5. The van der Waals surface area contributed by atoms with Gasteiger partial charge in [0.05, 0.1) is 40.1 Å². The normalized spacial score (nSPS) is 17.9. The minimum absolute atomic E-state index is 0.0521.